The van der Waals surface area contributed by atoms with E-state index in [4.69, 9.17) is 0 Å². The fourth-order valence-corrected chi connectivity index (χ4v) is 11.6. The zero-order valence-electron chi connectivity index (χ0n) is 29.1. The third-order valence-electron chi connectivity index (χ3n) is 13.5. The molecule has 0 radical (unpaired) electrons. The van der Waals surface area contributed by atoms with Crippen molar-refractivity contribution >= 4 is 66.7 Å². The van der Waals surface area contributed by atoms with Crippen LogP contribution >= 0.6 is 0 Å². The second kappa shape index (κ2) is 8.38. The number of rotatable bonds is 0. The molecule has 0 spiro atoms. The maximum Gasteiger partial charge on any atom is 0.252 e. The van der Waals surface area contributed by atoms with E-state index in [2.05, 4.69) is 164 Å². The fourth-order valence-electron chi connectivity index (χ4n) is 11.6. The molecule has 7 aromatic carbocycles. The minimum atomic E-state index is -0.0941. The highest BCUT2D eigenvalue weighted by Gasteiger charge is 2.44. The Labute approximate surface area is 296 Å². The monoisotopic (exact) mass is 648 g/mol. The van der Waals surface area contributed by atoms with E-state index >= 15 is 0 Å². The van der Waals surface area contributed by atoms with E-state index in [0.29, 0.717) is 0 Å². The van der Waals surface area contributed by atoms with Crippen molar-refractivity contribution in [3.05, 3.63) is 150 Å². The lowest BCUT2D eigenvalue weighted by Crippen LogP contribution is -2.59. The van der Waals surface area contributed by atoms with Gasteiger partial charge in [-0.1, -0.05) is 131 Å². The Bertz CT molecular complexity index is 2940. The van der Waals surface area contributed by atoms with Crippen LogP contribution in [-0.4, -0.2) is 15.8 Å². The van der Waals surface area contributed by atoms with Crippen LogP contribution in [0.1, 0.15) is 49.9 Å². The van der Waals surface area contributed by atoms with Gasteiger partial charge in [0.15, 0.2) is 0 Å². The van der Waals surface area contributed by atoms with Crippen molar-refractivity contribution in [2.45, 2.75) is 38.5 Å². The molecule has 0 N–H and O–H groups in total. The van der Waals surface area contributed by atoms with E-state index in [1.807, 2.05) is 0 Å². The predicted octanol–water partition coefficient (Wildman–Crippen LogP) is 9.64. The largest absolute Gasteiger partial charge is 0.310 e. The zero-order chi connectivity index (χ0) is 33.7. The molecule has 3 heteroatoms. The van der Waals surface area contributed by atoms with Crippen LogP contribution in [0.5, 0.6) is 0 Å². The number of aromatic nitrogens is 2. The molecular formula is C48H33BN2. The maximum absolute atomic E-state index is 2.61. The van der Waals surface area contributed by atoms with Gasteiger partial charge in [-0.05, 0) is 85.2 Å². The van der Waals surface area contributed by atoms with Crippen molar-refractivity contribution < 1.29 is 0 Å². The third-order valence-corrected chi connectivity index (χ3v) is 13.5. The van der Waals surface area contributed by atoms with Gasteiger partial charge in [0.2, 0.25) is 0 Å². The molecule has 0 unspecified atom stereocenters. The van der Waals surface area contributed by atoms with Gasteiger partial charge in [0.1, 0.15) is 0 Å². The summed E-state index contributed by atoms with van der Waals surface area (Å²) in [5, 5.41) is 5.55. The van der Waals surface area contributed by atoms with Gasteiger partial charge in [-0.15, -0.1) is 0 Å². The first-order chi connectivity index (χ1) is 24.9. The minimum Gasteiger partial charge on any atom is -0.310 e. The van der Waals surface area contributed by atoms with Crippen LogP contribution in [0.4, 0.5) is 0 Å². The van der Waals surface area contributed by atoms with Crippen LogP contribution in [0.3, 0.4) is 0 Å². The first-order valence-corrected chi connectivity index (χ1v) is 18.4. The average molecular weight is 649 g/mol. The molecule has 0 saturated heterocycles. The summed E-state index contributed by atoms with van der Waals surface area (Å²) in [4.78, 5) is 0. The van der Waals surface area contributed by atoms with Crippen molar-refractivity contribution in [1.82, 2.24) is 9.13 Å². The topological polar surface area (TPSA) is 9.86 Å². The summed E-state index contributed by atoms with van der Waals surface area (Å²) in [6.07, 6.45) is 0. The van der Waals surface area contributed by atoms with Gasteiger partial charge in [0, 0.05) is 54.8 Å². The number of benzene rings is 7. The lowest BCUT2D eigenvalue weighted by molar-refractivity contribution is 0.666. The quantitative estimate of drug-likeness (QED) is 0.145. The minimum absolute atomic E-state index is 0.0941. The van der Waals surface area contributed by atoms with E-state index in [0.717, 1.165) is 0 Å². The molecule has 2 aliphatic heterocycles. The number of nitrogens with zero attached hydrogens (tertiary/aromatic N) is 2. The molecule has 0 atom stereocenters. The lowest BCUT2D eigenvalue weighted by atomic mass is 9.34. The fraction of sp³-hybridized carbons (Fsp3) is 0.125. The Kier molecular flexibility index (Phi) is 4.44. The molecule has 0 saturated carbocycles. The molecule has 0 amide bonds. The highest BCUT2D eigenvalue weighted by atomic mass is 15.0. The summed E-state index contributed by atoms with van der Waals surface area (Å²) in [6, 6.07) is 48.9. The molecule has 2 aliphatic carbocycles. The van der Waals surface area contributed by atoms with E-state index in [-0.39, 0.29) is 17.5 Å². The van der Waals surface area contributed by atoms with Crippen LogP contribution in [0, 0.1) is 0 Å². The Balaban J connectivity index is 1.18. The van der Waals surface area contributed by atoms with Crippen molar-refractivity contribution in [3.8, 4) is 33.6 Å². The highest BCUT2D eigenvalue weighted by molar-refractivity contribution is 7.00. The molecule has 51 heavy (non-hydrogen) atoms. The van der Waals surface area contributed by atoms with Crippen LogP contribution in [0.25, 0.3) is 77.2 Å². The Morgan fingerprint density at radius 2 is 0.882 bits per heavy atom. The lowest BCUT2D eigenvalue weighted by Gasteiger charge is -2.33. The summed E-state index contributed by atoms with van der Waals surface area (Å²) >= 11 is 0. The summed E-state index contributed by atoms with van der Waals surface area (Å²) in [5.74, 6) is 0. The van der Waals surface area contributed by atoms with Crippen molar-refractivity contribution in [2.75, 3.05) is 0 Å². The number of fused-ring (bicyclic) bond motifs is 18. The van der Waals surface area contributed by atoms with E-state index in [1.165, 1.54) is 116 Å². The number of para-hydroxylation sites is 2. The average Bonchev–Trinajstić information content (AvgIpc) is 3.82. The van der Waals surface area contributed by atoms with Gasteiger partial charge in [-0.25, -0.2) is 0 Å². The molecule has 0 bridgehead atoms. The van der Waals surface area contributed by atoms with Crippen molar-refractivity contribution in [2.24, 2.45) is 0 Å². The second-order valence-corrected chi connectivity index (χ2v) is 16.4. The first-order valence-electron chi connectivity index (χ1n) is 18.4. The van der Waals surface area contributed by atoms with Crippen LogP contribution < -0.4 is 16.4 Å². The Hall–Kier alpha value is -5.80. The Morgan fingerprint density at radius 3 is 1.37 bits per heavy atom. The SMILES string of the molecule is CC1(C)c2ccccc2-c2ccc3c(c21)c1cccc2c1n3-c1cccc3c1B2c1cccc2c4c5c(ccc4n-3c12)-c1ccccc1C5(C)C. The van der Waals surface area contributed by atoms with Gasteiger partial charge in [0.25, 0.3) is 6.71 Å². The molecule has 9 aromatic rings. The molecule has 0 fully saturated rings. The standard InChI is InChI=1S/C48H33BN2/c1-47(2)32-16-7-5-12-26(32)28-22-24-36-40(42(28)47)30-14-9-18-34-45(30)50(36)38-20-11-21-39-44(38)49(34)35-19-10-15-31-41-37(51(39)46(31)35)25-23-29-27-13-6-8-17-33(27)48(3,4)43(29)41/h5-25H,1-4H3. The maximum atomic E-state index is 2.61. The normalized spacial score (nSPS) is 16.1. The third kappa shape index (κ3) is 2.78. The van der Waals surface area contributed by atoms with E-state index in [9.17, 15) is 0 Å². The van der Waals surface area contributed by atoms with Gasteiger partial charge in [-0.2, -0.15) is 0 Å². The summed E-state index contributed by atoms with van der Waals surface area (Å²) in [5.41, 5.74) is 23.3. The molecule has 238 valence electrons. The summed E-state index contributed by atoms with van der Waals surface area (Å²) in [7, 11) is 0. The molecule has 4 aliphatic rings. The van der Waals surface area contributed by atoms with E-state index < -0.39 is 0 Å². The highest BCUT2D eigenvalue weighted by Crippen LogP contribution is 2.55. The molecular weight excluding hydrogens is 615 g/mol. The zero-order valence-corrected chi connectivity index (χ0v) is 29.1. The first kappa shape index (κ1) is 27.0. The molecule has 2 aromatic heterocycles. The van der Waals surface area contributed by atoms with E-state index in [1.54, 1.807) is 0 Å². The molecule has 13 rings (SSSR count). The van der Waals surface area contributed by atoms with Crippen LogP contribution in [0.2, 0.25) is 0 Å². The predicted molar refractivity (Wildman–Crippen MR) is 215 cm³/mol. The molecule has 4 heterocycles. The number of hydrogen-bond donors (Lipinski definition) is 0. The van der Waals surface area contributed by atoms with Crippen LogP contribution in [0.15, 0.2) is 127 Å². The van der Waals surface area contributed by atoms with Gasteiger partial charge >= 0.3 is 0 Å². The molecule has 2 nitrogen and oxygen atoms in total. The van der Waals surface area contributed by atoms with Crippen molar-refractivity contribution in [1.29, 1.82) is 0 Å². The van der Waals surface area contributed by atoms with Gasteiger partial charge < -0.3 is 9.13 Å². The Morgan fingerprint density at radius 1 is 0.431 bits per heavy atom. The van der Waals surface area contributed by atoms with Crippen molar-refractivity contribution in [3.63, 3.8) is 0 Å². The second-order valence-electron chi connectivity index (χ2n) is 16.4. The van der Waals surface area contributed by atoms with Gasteiger partial charge in [0.05, 0.1) is 11.0 Å². The van der Waals surface area contributed by atoms with Crippen LogP contribution in [-0.2, 0) is 10.8 Å². The number of hydrogen-bond acceptors (Lipinski definition) is 0. The smallest absolute Gasteiger partial charge is 0.252 e. The summed E-state index contributed by atoms with van der Waals surface area (Å²) < 4.78 is 5.23. The van der Waals surface area contributed by atoms with Gasteiger partial charge in [-0.3, -0.25) is 0 Å². The summed E-state index contributed by atoms with van der Waals surface area (Å²) in [6.45, 7) is 9.82.